The van der Waals surface area contributed by atoms with Gasteiger partial charge in [0.1, 0.15) is 5.52 Å². The summed E-state index contributed by atoms with van der Waals surface area (Å²) in [5.41, 5.74) is 3.51. The van der Waals surface area contributed by atoms with Crippen LogP contribution in [0.15, 0.2) is 17.6 Å². The van der Waals surface area contributed by atoms with Gasteiger partial charge in [0, 0.05) is 14.2 Å². The molecule has 1 N–H and O–H groups in total. The van der Waals surface area contributed by atoms with E-state index in [1.165, 1.54) is 0 Å². The van der Waals surface area contributed by atoms with Crippen molar-refractivity contribution in [2.24, 2.45) is 0 Å². The van der Waals surface area contributed by atoms with Crippen LogP contribution in [0.4, 0.5) is 5.69 Å². The molecular weight excluding hydrogens is 260 g/mol. The summed E-state index contributed by atoms with van der Waals surface area (Å²) in [5, 5.41) is 3.85. The topological polar surface area (TPSA) is 43.4 Å². The summed E-state index contributed by atoms with van der Waals surface area (Å²) >= 11 is 7.73. The molecular formula is C11H13ClN2O2S. The minimum absolute atomic E-state index is 0.306. The van der Waals surface area contributed by atoms with E-state index in [4.69, 9.17) is 21.1 Å². The van der Waals surface area contributed by atoms with E-state index in [-0.39, 0.29) is 6.29 Å². The van der Waals surface area contributed by atoms with Gasteiger partial charge in [-0.1, -0.05) is 11.6 Å². The lowest BCUT2D eigenvalue weighted by Crippen LogP contribution is -2.23. The van der Waals surface area contributed by atoms with Crippen LogP contribution in [0.5, 0.6) is 0 Å². The van der Waals surface area contributed by atoms with Crippen LogP contribution in [0.2, 0.25) is 5.02 Å². The predicted molar refractivity (Wildman–Crippen MR) is 70.9 cm³/mol. The van der Waals surface area contributed by atoms with Crippen molar-refractivity contribution in [2.45, 2.75) is 6.29 Å². The summed E-state index contributed by atoms with van der Waals surface area (Å²) in [7, 11) is 3.20. The van der Waals surface area contributed by atoms with Gasteiger partial charge in [-0.3, -0.25) is 0 Å². The van der Waals surface area contributed by atoms with Gasteiger partial charge in [-0.05, 0) is 12.1 Å². The standard InChI is InChI=1S/C11H13ClN2O2S/c1-15-9(16-2)5-13-10-7(12)3-4-8-11(10)14-6-17-8/h3-4,6,9,13H,5H2,1-2H3. The second-order valence-electron chi connectivity index (χ2n) is 3.40. The van der Waals surface area contributed by atoms with Crippen LogP contribution in [0, 0.1) is 0 Å². The summed E-state index contributed by atoms with van der Waals surface area (Å²) in [6.45, 7) is 0.517. The number of hydrogen-bond acceptors (Lipinski definition) is 5. The maximum absolute atomic E-state index is 6.15. The molecule has 0 unspecified atom stereocenters. The molecule has 1 aromatic heterocycles. The van der Waals surface area contributed by atoms with E-state index < -0.39 is 0 Å². The molecule has 1 aromatic carbocycles. The van der Waals surface area contributed by atoms with Crippen LogP contribution in [0.3, 0.4) is 0 Å². The van der Waals surface area contributed by atoms with Gasteiger partial charge in [0.05, 0.1) is 27.5 Å². The SMILES string of the molecule is COC(CNc1c(Cl)ccc2scnc12)OC. The maximum Gasteiger partial charge on any atom is 0.173 e. The van der Waals surface area contributed by atoms with Crippen LogP contribution in [-0.4, -0.2) is 32.0 Å². The van der Waals surface area contributed by atoms with Crippen LogP contribution >= 0.6 is 22.9 Å². The summed E-state index contributed by atoms with van der Waals surface area (Å²) in [6, 6.07) is 3.82. The number of hydrogen-bond donors (Lipinski definition) is 1. The van der Waals surface area contributed by atoms with Crippen molar-refractivity contribution in [3.63, 3.8) is 0 Å². The fourth-order valence-electron chi connectivity index (χ4n) is 1.52. The number of rotatable bonds is 5. The smallest absolute Gasteiger partial charge is 0.173 e. The molecule has 17 heavy (non-hydrogen) atoms. The highest BCUT2D eigenvalue weighted by Crippen LogP contribution is 2.32. The molecule has 0 bridgehead atoms. The number of ether oxygens (including phenoxy) is 2. The molecule has 0 spiro atoms. The Labute approximate surface area is 109 Å². The monoisotopic (exact) mass is 272 g/mol. The summed E-state index contributed by atoms with van der Waals surface area (Å²) in [6.07, 6.45) is -0.306. The lowest BCUT2D eigenvalue weighted by molar-refractivity contribution is -0.0913. The molecule has 6 heteroatoms. The summed E-state index contributed by atoms with van der Waals surface area (Å²) in [4.78, 5) is 4.30. The molecule has 92 valence electrons. The first-order valence-electron chi connectivity index (χ1n) is 5.07. The highest BCUT2D eigenvalue weighted by molar-refractivity contribution is 7.16. The minimum atomic E-state index is -0.306. The second-order valence-corrected chi connectivity index (χ2v) is 4.70. The number of methoxy groups -OCH3 is 2. The lowest BCUT2D eigenvalue weighted by Gasteiger charge is -2.15. The molecule has 0 aliphatic rings. The Morgan fingerprint density at radius 3 is 2.88 bits per heavy atom. The van der Waals surface area contributed by atoms with Gasteiger partial charge in [-0.2, -0.15) is 0 Å². The molecule has 0 saturated carbocycles. The molecule has 0 atom stereocenters. The van der Waals surface area contributed by atoms with Crippen LogP contribution < -0.4 is 5.32 Å². The number of aromatic nitrogens is 1. The number of thiazole rings is 1. The first-order chi connectivity index (χ1) is 8.26. The van der Waals surface area contributed by atoms with Crippen molar-refractivity contribution in [3.8, 4) is 0 Å². The number of fused-ring (bicyclic) bond motifs is 1. The van der Waals surface area contributed by atoms with Crippen molar-refractivity contribution < 1.29 is 9.47 Å². The Morgan fingerprint density at radius 1 is 1.41 bits per heavy atom. The maximum atomic E-state index is 6.15. The number of nitrogens with zero attached hydrogens (tertiary/aromatic N) is 1. The second kappa shape index (κ2) is 5.64. The molecule has 0 amide bonds. The Bertz CT molecular complexity index is 499. The molecule has 1 heterocycles. The van der Waals surface area contributed by atoms with E-state index in [0.29, 0.717) is 11.6 Å². The quantitative estimate of drug-likeness (QED) is 0.850. The van der Waals surface area contributed by atoms with Crippen LogP contribution in [0.1, 0.15) is 0 Å². The van der Waals surface area contributed by atoms with Gasteiger partial charge in [0.15, 0.2) is 6.29 Å². The molecule has 0 aliphatic carbocycles. The molecule has 0 radical (unpaired) electrons. The first-order valence-corrected chi connectivity index (χ1v) is 6.33. The lowest BCUT2D eigenvalue weighted by atomic mass is 10.3. The zero-order valence-corrected chi connectivity index (χ0v) is 11.1. The number of nitrogens with one attached hydrogen (secondary N) is 1. The Hall–Kier alpha value is -0.880. The predicted octanol–water partition coefficient (Wildman–Crippen LogP) is 2.98. The van der Waals surface area contributed by atoms with Gasteiger partial charge in [0.2, 0.25) is 0 Å². The molecule has 2 rings (SSSR count). The molecule has 0 fully saturated rings. The minimum Gasteiger partial charge on any atom is -0.377 e. The van der Waals surface area contributed by atoms with E-state index in [1.54, 1.807) is 31.1 Å². The average molecular weight is 273 g/mol. The number of benzene rings is 1. The summed E-state index contributed by atoms with van der Waals surface area (Å²) in [5.74, 6) is 0. The van der Waals surface area contributed by atoms with Gasteiger partial charge < -0.3 is 14.8 Å². The molecule has 4 nitrogen and oxygen atoms in total. The fourth-order valence-corrected chi connectivity index (χ4v) is 2.43. The van der Waals surface area contributed by atoms with E-state index in [1.807, 2.05) is 12.1 Å². The van der Waals surface area contributed by atoms with E-state index >= 15 is 0 Å². The third-order valence-electron chi connectivity index (χ3n) is 2.42. The zero-order valence-electron chi connectivity index (χ0n) is 9.57. The molecule has 0 saturated heterocycles. The summed E-state index contributed by atoms with van der Waals surface area (Å²) < 4.78 is 11.3. The van der Waals surface area contributed by atoms with Crippen LogP contribution in [-0.2, 0) is 9.47 Å². The van der Waals surface area contributed by atoms with Gasteiger partial charge >= 0.3 is 0 Å². The van der Waals surface area contributed by atoms with Crippen molar-refractivity contribution in [3.05, 3.63) is 22.7 Å². The van der Waals surface area contributed by atoms with E-state index in [2.05, 4.69) is 10.3 Å². The highest BCUT2D eigenvalue weighted by atomic mass is 35.5. The van der Waals surface area contributed by atoms with Crippen molar-refractivity contribution >= 4 is 38.8 Å². The number of halogens is 1. The Kier molecular flexibility index (Phi) is 4.17. The van der Waals surface area contributed by atoms with Crippen LogP contribution in [0.25, 0.3) is 10.2 Å². The van der Waals surface area contributed by atoms with Crippen molar-refractivity contribution in [1.82, 2.24) is 4.98 Å². The largest absolute Gasteiger partial charge is 0.377 e. The third kappa shape index (κ3) is 2.69. The van der Waals surface area contributed by atoms with Gasteiger partial charge in [0.25, 0.3) is 0 Å². The van der Waals surface area contributed by atoms with E-state index in [9.17, 15) is 0 Å². The van der Waals surface area contributed by atoms with Crippen molar-refractivity contribution in [2.75, 3.05) is 26.1 Å². The third-order valence-corrected chi connectivity index (χ3v) is 3.53. The average Bonchev–Trinajstić information content (AvgIpc) is 2.81. The highest BCUT2D eigenvalue weighted by Gasteiger charge is 2.11. The van der Waals surface area contributed by atoms with Gasteiger partial charge in [-0.15, -0.1) is 11.3 Å². The normalized spacial score (nSPS) is 11.3. The zero-order chi connectivity index (χ0) is 12.3. The molecule has 0 aliphatic heterocycles. The number of anilines is 1. The van der Waals surface area contributed by atoms with Crippen molar-refractivity contribution in [1.29, 1.82) is 0 Å². The first kappa shape index (κ1) is 12.6. The Morgan fingerprint density at radius 2 is 2.18 bits per heavy atom. The van der Waals surface area contributed by atoms with E-state index in [0.717, 1.165) is 15.9 Å². The van der Waals surface area contributed by atoms with Gasteiger partial charge in [-0.25, -0.2) is 4.98 Å². The fraction of sp³-hybridized carbons (Fsp3) is 0.364. The Balaban J connectivity index is 2.22. The molecule has 2 aromatic rings.